The molecule has 6 atom stereocenters. The van der Waals surface area contributed by atoms with Gasteiger partial charge in [-0.1, -0.05) is 32.9 Å². The summed E-state index contributed by atoms with van der Waals surface area (Å²) >= 11 is 0. The first kappa shape index (κ1) is 35.8. The van der Waals surface area contributed by atoms with Gasteiger partial charge in [0.1, 0.15) is 17.7 Å². The third-order valence-electron chi connectivity index (χ3n) is 9.11. The van der Waals surface area contributed by atoms with Gasteiger partial charge in [-0.05, 0) is 71.1 Å². The summed E-state index contributed by atoms with van der Waals surface area (Å²) < 4.78 is 12.4. The molecule has 0 unspecified atom stereocenters. The number of nitrogens with one attached hydrogen (secondary N) is 1. The second kappa shape index (κ2) is 14.6. The van der Waals surface area contributed by atoms with Gasteiger partial charge in [-0.2, -0.15) is 0 Å². The fourth-order valence-electron chi connectivity index (χ4n) is 7.71. The number of ether oxygens (including phenoxy) is 2. The summed E-state index contributed by atoms with van der Waals surface area (Å²) in [5.41, 5.74) is -1.72. The quantitative estimate of drug-likeness (QED) is 0.145. The summed E-state index contributed by atoms with van der Waals surface area (Å²) in [7, 11) is 0. The molecule has 2 bridgehead atoms. The number of esters is 1. The molecule has 0 saturated carbocycles. The van der Waals surface area contributed by atoms with Gasteiger partial charge >= 0.3 is 5.97 Å². The van der Waals surface area contributed by atoms with Crippen LogP contribution in [-0.4, -0.2) is 94.2 Å². The van der Waals surface area contributed by atoms with E-state index in [4.69, 9.17) is 9.47 Å². The van der Waals surface area contributed by atoms with Crippen molar-refractivity contribution < 1.29 is 33.8 Å². The van der Waals surface area contributed by atoms with E-state index in [1.54, 1.807) is 24.0 Å². The van der Waals surface area contributed by atoms with E-state index in [0.717, 1.165) is 6.42 Å². The molecule has 248 valence electrons. The molecule has 1 spiro atoms. The number of rotatable bonds is 17. The maximum atomic E-state index is 14.7. The van der Waals surface area contributed by atoms with E-state index in [2.05, 4.69) is 39.2 Å². The second-order valence-electron chi connectivity index (χ2n) is 14.5. The lowest BCUT2D eigenvalue weighted by Gasteiger charge is -2.45. The Morgan fingerprint density at radius 1 is 1.18 bits per heavy atom. The number of unbranched alkanes of at least 4 members (excludes halogenated alkanes) is 2. The molecule has 3 amide bonds. The third kappa shape index (κ3) is 7.73. The van der Waals surface area contributed by atoms with E-state index in [0.29, 0.717) is 58.0 Å². The Morgan fingerprint density at radius 3 is 2.50 bits per heavy atom. The molecule has 3 aliphatic rings. The number of nitrogens with zero attached hydrogens (tertiary/aromatic N) is 2. The molecule has 44 heavy (non-hydrogen) atoms. The first-order valence-corrected chi connectivity index (χ1v) is 16.2. The first-order chi connectivity index (χ1) is 20.6. The summed E-state index contributed by atoms with van der Waals surface area (Å²) in [6.07, 6.45) is 6.82. The highest BCUT2D eigenvalue weighted by Gasteiger charge is 2.75. The average molecular weight is 618 g/mol. The van der Waals surface area contributed by atoms with Gasteiger partial charge < -0.3 is 29.7 Å². The van der Waals surface area contributed by atoms with Gasteiger partial charge in [-0.15, -0.1) is 13.2 Å². The highest BCUT2D eigenvalue weighted by Crippen LogP contribution is 2.59. The van der Waals surface area contributed by atoms with Crippen molar-refractivity contribution in [2.45, 2.75) is 122 Å². The molecule has 0 aliphatic carbocycles. The number of allylic oxidation sites excluding steroid dienone is 1. The minimum atomic E-state index is -1.13. The van der Waals surface area contributed by atoms with Crippen LogP contribution in [0.1, 0.15) is 92.9 Å². The van der Waals surface area contributed by atoms with E-state index in [1.807, 2.05) is 18.7 Å². The smallest absolute Gasteiger partial charge is 0.312 e. The molecule has 3 saturated heterocycles. The zero-order chi connectivity index (χ0) is 32.9. The maximum Gasteiger partial charge on any atom is 0.312 e. The van der Waals surface area contributed by atoms with Crippen LogP contribution in [0.25, 0.3) is 0 Å². The Balaban J connectivity index is 1.90. The SMILES string of the molecule is C=CCCC(=O)NC[C@@H](C)OC(=O)[C@@H]1[C@@H]2CC[C@]3(O2)[C@H](C(=O)N(CC=C)C(C)(C)CC(C)(C)C)N(CCCCCO)C(=O)[C@@H]13. The van der Waals surface area contributed by atoms with Crippen LogP contribution < -0.4 is 5.32 Å². The standard InChI is InChI=1S/C34H55N3O7/c1-9-11-15-25(39)35-21-23(3)43-31(42)26-24-16-17-34(44-24)27(26)29(40)36(19-13-12-14-20-38)28(34)30(41)37(18-10-2)33(7,8)22-32(4,5)6/h9-10,23-24,26-28,38H,1-2,11-22H2,3-8H3,(H,35,39)/t23-,24+,26-,27-,28+,34-/m1/s1. The zero-order valence-electron chi connectivity index (χ0n) is 27.7. The molecule has 3 aliphatic heterocycles. The number of fused-ring (bicyclic) bond motifs is 1. The number of hydrogen-bond donors (Lipinski definition) is 2. The summed E-state index contributed by atoms with van der Waals surface area (Å²) in [6, 6.07) is -0.877. The van der Waals surface area contributed by atoms with Crippen molar-refractivity contribution in [3.63, 3.8) is 0 Å². The van der Waals surface area contributed by atoms with Crippen LogP contribution >= 0.6 is 0 Å². The average Bonchev–Trinajstić information content (AvgIpc) is 3.57. The fraction of sp³-hybridized carbons (Fsp3) is 0.765. The lowest BCUT2D eigenvalue weighted by atomic mass is 9.70. The number of amides is 3. The van der Waals surface area contributed by atoms with Crippen molar-refractivity contribution in [1.29, 1.82) is 0 Å². The van der Waals surface area contributed by atoms with E-state index < -0.39 is 47.2 Å². The van der Waals surface area contributed by atoms with Gasteiger partial charge in [0.05, 0.1) is 24.5 Å². The van der Waals surface area contributed by atoms with Gasteiger partial charge in [0.15, 0.2) is 0 Å². The van der Waals surface area contributed by atoms with Crippen LogP contribution in [0.2, 0.25) is 0 Å². The number of aliphatic hydroxyl groups is 1. The van der Waals surface area contributed by atoms with Crippen LogP contribution in [0, 0.1) is 17.3 Å². The summed E-state index contributed by atoms with van der Waals surface area (Å²) in [5, 5.41) is 12.1. The van der Waals surface area contributed by atoms with E-state index in [9.17, 15) is 24.3 Å². The van der Waals surface area contributed by atoms with E-state index in [1.165, 1.54) is 0 Å². The first-order valence-electron chi connectivity index (χ1n) is 16.2. The van der Waals surface area contributed by atoms with E-state index >= 15 is 0 Å². The highest BCUT2D eigenvalue weighted by atomic mass is 16.6. The van der Waals surface area contributed by atoms with Crippen molar-refractivity contribution >= 4 is 23.7 Å². The fourth-order valence-corrected chi connectivity index (χ4v) is 7.71. The summed E-state index contributed by atoms with van der Waals surface area (Å²) in [5.74, 6) is -2.80. The summed E-state index contributed by atoms with van der Waals surface area (Å²) in [6.45, 7) is 20.6. The van der Waals surface area contributed by atoms with Crippen molar-refractivity contribution in [3.05, 3.63) is 25.3 Å². The normalized spacial score (nSPS) is 26.7. The monoisotopic (exact) mass is 617 g/mol. The Labute approximate surface area is 263 Å². The Kier molecular flexibility index (Phi) is 11.9. The Hall–Kier alpha value is -2.72. The summed E-state index contributed by atoms with van der Waals surface area (Å²) in [4.78, 5) is 58.1. The van der Waals surface area contributed by atoms with Gasteiger partial charge in [-0.3, -0.25) is 19.2 Å². The lowest BCUT2D eigenvalue weighted by Crippen LogP contribution is -2.61. The lowest BCUT2D eigenvalue weighted by molar-refractivity contribution is -0.159. The molecule has 3 heterocycles. The van der Waals surface area contributed by atoms with Crippen molar-refractivity contribution in [2.75, 3.05) is 26.2 Å². The number of hydrogen-bond acceptors (Lipinski definition) is 7. The van der Waals surface area contributed by atoms with Gasteiger partial charge in [0, 0.05) is 31.7 Å². The number of aliphatic hydroxyl groups excluding tert-OH is 1. The largest absolute Gasteiger partial charge is 0.460 e. The molecule has 0 aromatic carbocycles. The molecule has 10 nitrogen and oxygen atoms in total. The second-order valence-corrected chi connectivity index (χ2v) is 14.5. The molecule has 0 radical (unpaired) electrons. The van der Waals surface area contributed by atoms with Gasteiger partial charge in [0.2, 0.25) is 17.7 Å². The van der Waals surface area contributed by atoms with Crippen LogP contribution in [-0.2, 0) is 28.7 Å². The minimum Gasteiger partial charge on any atom is -0.460 e. The van der Waals surface area contributed by atoms with Crippen LogP contribution in [0.5, 0.6) is 0 Å². The van der Waals surface area contributed by atoms with Crippen LogP contribution in [0.3, 0.4) is 0 Å². The van der Waals surface area contributed by atoms with Gasteiger partial charge in [0.25, 0.3) is 0 Å². The number of likely N-dealkylation sites (tertiary alicyclic amines) is 1. The van der Waals surface area contributed by atoms with Crippen molar-refractivity contribution in [1.82, 2.24) is 15.1 Å². The molecule has 2 N–H and O–H groups in total. The highest BCUT2D eigenvalue weighted by molar-refractivity contribution is 5.98. The third-order valence-corrected chi connectivity index (χ3v) is 9.11. The molecule has 0 aromatic rings. The Bertz CT molecular complexity index is 1080. The molecule has 10 heteroatoms. The molecule has 3 fully saturated rings. The molecule has 0 aromatic heterocycles. The van der Waals surface area contributed by atoms with Crippen LogP contribution in [0.15, 0.2) is 25.3 Å². The number of carbonyl (C=O) groups is 4. The van der Waals surface area contributed by atoms with Crippen molar-refractivity contribution in [3.8, 4) is 0 Å². The Morgan fingerprint density at radius 2 is 1.89 bits per heavy atom. The molecule has 3 rings (SSSR count). The maximum absolute atomic E-state index is 14.7. The molecular formula is C34H55N3O7. The predicted octanol–water partition coefficient (Wildman–Crippen LogP) is 3.77. The predicted molar refractivity (Wildman–Crippen MR) is 168 cm³/mol. The van der Waals surface area contributed by atoms with Crippen LogP contribution in [0.4, 0.5) is 0 Å². The molecular weight excluding hydrogens is 562 g/mol. The number of carbonyl (C=O) groups excluding carboxylic acids is 4. The van der Waals surface area contributed by atoms with Gasteiger partial charge in [-0.25, -0.2) is 0 Å². The zero-order valence-corrected chi connectivity index (χ0v) is 27.7. The minimum absolute atomic E-state index is 0.0571. The van der Waals surface area contributed by atoms with E-state index in [-0.39, 0.29) is 36.3 Å². The topological polar surface area (TPSA) is 125 Å². The van der Waals surface area contributed by atoms with Crippen molar-refractivity contribution in [2.24, 2.45) is 17.3 Å².